The molecule has 1 aromatic heterocycles. The van der Waals surface area contributed by atoms with Gasteiger partial charge in [-0.15, -0.1) is 10.2 Å². The first-order valence-corrected chi connectivity index (χ1v) is 6.50. The number of rotatable bonds is 3. The molecule has 5 heteroatoms. The van der Waals surface area contributed by atoms with Crippen molar-refractivity contribution in [2.75, 3.05) is 19.0 Å². The van der Waals surface area contributed by atoms with Crippen LogP contribution in [0.5, 0.6) is 0 Å². The van der Waals surface area contributed by atoms with E-state index in [1.54, 1.807) is 17.5 Å². The lowest BCUT2D eigenvalue weighted by Gasteiger charge is -2.13. The molecular formula is C13H16N4S. The van der Waals surface area contributed by atoms with Crippen molar-refractivity contribution in [3.8, 4) is 0 Å². The smallest absolute Gasteiger partial charge is 0.230 e. The molecular weight excluding hydrogens is 244 g/mol. The minimum Gasteiger partial charge on any atom is -0.378 e. The molecule has 18 heavy (non-hydrogen) atoms. The van der Waals surface area contributed by atoms with Gasteiger partial charge in [-0.25, -0.2) is 4.98 Å². The van der Waals surface area contributed by atoms with Gasteiger partial charge in [-0.2, -0.15) is 0 Å². The predicted molar refractivity (Wildman–Crippen MR) is 76.5 cm³/mol. The first-order chi connectivity index (χ1) is 8.56. The maximum absolute atomic E-state index is 4.24. The predicted octanol–water partition coefficient (Wildman–Crippen LogP) is 4.24. The van der Waals surface area contributed by atoms with Crippen molar-refractivity contribution < 1.29 is 0 Å². The van der Waals surface area contributed by atoms with E-state index in [1.165, 1.54) is 0 Å². The Balaban J connectivity index is 2.22. The third-order valence-corrected chi connectivity index (χ3v) is 3.35. The molecule has 0 spiro atoms. The van der Waals surface area contributed by atoms with Gasteiger partial charge in [0.25, 0.3) is 0 Å². The number of benzene rings is 1. The van der Waals surface area contributed by atoms with Gasteiger partial charge in [-0.05, 0) is 37.6 Å². The van der Waals surface area contributed by atoms with Crippen LogP contribution in [0.15, 0.2) is 34.6 Å². The number of thiazole rings is 1. The molecule has 0 atom stereocenters. The molecule has 0 aliphatic heterocycles. The Labute approximate surface area is 111 Å². The summed E-state index contributed by atoms with van der Waals surface area (Å²) >= 11 is 1.54. The summed E-state index contributed by atoms with van der Waals surface area (Å²) in [7, 11) is 4.04. The average Bonchev–Trinajstić information content (AvgIpc) is 2.73. The fourth-order valence-corrected chi connectivity index (χ4v) is 2.10. The number of aryl methyl sites for hydroxylation is 2. The Kier molecular flexibility index (Phi) is 3.72. The lowest BCUT2D eigenvalue weighted by molar-refractivity contribution is 1.12. The van der Waals surface area contributed by atoms with Crippen LogP contribution in [-0.2, 0) is 0 Å². The number of hydrogen-bond donors (Lipinski definition) is 0. The molecule has 0 aliphatic rings. The van der Waals surface area contributed by atoms with Gasteiger partial charge in [0, 0.05) is 30.9 Å². The Hall–Kier alpha value is -1.75. The molecule has 0 amide bonds. The highest BCUT2D eigenvalue weighted by atomic mass is 32.1. The molecule has 94 valence electrons. The van der Waals surface area contributed by atoms with E-state index in [0.29, 0.717) is 5.13 Å². The molecule has 2 rings (SSSR count). The third kappa shape index (κ3) is 2.92. The summed E-state index contributed by atoms with van der Waals surface area (Å²) in [6.07, 6.45) is 1.81. The molecule has 2 aromatic rings. The zero-order valence-electron chi connectivity index (χ0n) is 11.0. The number of nitrogens with zero attached hydrogens (tertiary/aromatic N) is 4. The van der Waals surface area contributed by atoms with Gasteiger partial charge in [-0.3, -0.25) is 0 Å². The topological polar surface area (TPSA) is 40.9 Å². The molecule has 0 saturated heterocycles. The van der Waals surface area contributed by atoms with Crippen LogP contribution in [0.2, 0.25) is 0 Å². The van der Waals surface area contributed by atoms with E-state index >= 15 is 0 Å². The van der Waals surface area contributed by atoms with E-state index in [0.717, 1.165) is 21.8 Å². The van der Waals surface area contributed by atoms with Crippen molar-refractivity contribution in [3.63, 3.8) is 0 Å². The van der Waals surface area contributed by atoms with Crippen LogP contribution < -0.4 is 4.90 Å². The van der Waals surface area contributed by atoms with Crippen molar-refractivity contribution in [3.05, 3.63) is 34.8 Å². The van der Waals surface area contributed by atoms with Crippen molar-refractivity contribution in [1.82, 2.24) is 4.98 Å². The van der Waals surface area contributed by atoms with E-state index in [-0.39, 0.29) is 0 Å². The number of aromatic nitrogens is 1. The van der Waals surface area contributed by atoms with Crippen molar-refractivity contribution >= 4 is 27.8 Å². The highest BCUT2D eigenvalue weighted by molar-refractivity contribution is 7.15. The number of anilines is 1. The molecule has 1 heterocycles. The molecule has 1 aromatic carbocycles. The van der Waals surface area contributed by atoms with E-state index in [2.05, 4.69) is 26.2 Å². The average molecular weight is 260 g/mol. The van der Waals surface area contributed by atoms with Crippen LogP contribution >= 0.6 is 11.3 Å². The quantitative estimate of drug-likeness (QED) is 0.774. The molecule has 0 aliphatic carbocycles. The largest absolute Gasteiger partial charge is 0.378 e. The maximum atomic E-state index is 4.24. The van der Waals surface area contributed by atoms with Gasteiger partial charge in [-0.1, -0.05) is 11.3 Å². The van der Waals surface area contributed by atoms with Gasteiger partial charge in [0.1, 0.15) is 0 Å². The zero-order valence-corrected chi connectivity index (χ0v) is 11.8. The van der Waals surface area contributed by atoms with Gasteiger partial charge in [0.05, 0.1) is 5.69 Å². The normalized spacial score (nSPS) is 11.1. The van der Waals surface area contributed by atoms with E-state index in [4.69, 9.17) is 0 Å². The fraction of sp³-hybridized carbons (Fsp3) is 0.308. The van der Waals surface area contributed by atoms with Gasteiger partial charge < -0.3 is 4.90 Å². The SMILES string of the molecule is Cc1cnc(N=Nc2ccc(N(C)C)cc2C)s1. The molecule has 0 unspecified atom stereocenters. The van der Waals surface area contributed by atoms with E-state index in [9.17, 15) is 0 Å². The summed E-state index contributed by atoms with van der Waals surface area (Å²) in [5.41, 5.74) is 3.16. The van der Waals surface area contributed by atoms with Crippen LogP contribution in [0, 0.1) is 13.8 Å². The number of azo groups is 1. The van der Waals surface area contributed by atoms with E-state index in [1.807, 2.05) is 40.1 Å². The minimum absolute atomic E-state index is 0.698. The summed E-state index contributed by atoms with van der Waals surface area (Å²) in [6, 6.07) is 6.12. The van der Waals surface area contributed by atoms with Gasteiger partial charge in [0.2, 0.25) is 5.13 Å². The van der Waals surface area contributed by atoms with E-state index < -0.39 is 0 Å². The van der Waals surface area contributed by atoms with Crippen LogP contribution in [0.1, 0.15) is 10.4 Å². The fourth-order valence-electron chi connectivity index (χ4n) is 1.52. The second-order valence-electron chi connectivity index (χ2n) is 4.32. The number of hydrogen-bond acceptors (Lipinski definition) is 5. The first-order valence-electron chi connectivity index (χ1n) is 5.68. The summed E-state index contributed by atoms with van der Waals surface area (Å²) in [6.45, 7) is 4.04. The molecule has 0 N–H and O–H groups in total. The monoisotopic (exact) mass is 260 g/mol. The second kappa shape index (κ2) is 5.27. The highest BCUT2D eigenvalue weighted by Crippen LogP contribution is 2.27. The molecule has 0 radical (unpaired) electrons. The summed E-state index contributed by atoms with van der Waals surface area (Å²) in [4.78, 5) is 7.37. The molecule has 0 bridgehead atoms. The first kappa shape index (κ1) is 12.7. The summed E-state index contributed by atoms with van der Waals surface area (Å²) in [5.74, 6) is 0. The lowest BCUT2D eigenvalue weighted by Crippen LogP contribution is -2.08. The maximum Gasteiger partial charge on any atom is 0.230 e. The van der Waals surface area contributed by atoms with Crippen LogP contribution in [0.3, 0.4) is 0 Å². The standard InChI is InChI=1S/C13H16N4S/c1-9-7-11(17(3)4)5-6-12(9)15-16-13-14-8-10(2)18-13/h5-8H,1-4H3. The van der Waals surface area contributed by atoms with Crippen molar-refractivity contribution in [2.45, 2.75) is 13.8 Å². The van der Waals surface area contributed by atoms with Crippen molar-refractivity contribution in [1.29, 1.82) is 0 Å². The van der Waals surface area contributed by atoms with Gasteiger partial charge >= 0.3 is 0 Å². The van der Waals surface area contributed by atoms with Crippen LogP contribution in [0.4, 0.5) is 16.5 Å². The molecule has 0 saturated carbocycles. The Morgan fingerprint density at radius 1 is 1.17 bits per heavy atom. The summed E-state index contributed by atoms with van der Waals surface area (Å²) < 4.78 is 0. The lowest BCUT2D eigenvalue weighted by atomic mass is 10.2. The Morgan fingerprint density at radius 3 is 2.50 bits per heavy atom. The Morgan fingerprint density at radius 2 is 1.94 bits per heavy atom. The van der Waals surface area contributed by atoms with Gasteiger partial charge in [0.15, 0.2) is 0 Å². The molecule has 4 nitrogen and oxygen atoms in total. The Bertz CT molecular complexity index is 572. The minimum atomic E-state index is 0.698. The second-order valence-corrected chi connectivity index (χ2v) is 5.53. The summed E-state index contributed by atoms with van der Waals surface area (Å²) in [5, 5.41) is 9.09. The highest BCUT2D eigenvalue weighted by Gasteiger charge is 2.01. The van der Waals surface area contributed by atoms with Crippen LogP contribution in [0.25, 0.3) is 0 Å². The molecule has 0 fully saturated rings. The van der Waals surface area contributed by atoms with Crippen molar-refractivity contribution in [2.24, 2.45) is 10.2 Å². The third-order valence-electron chi connectivity index (χ3n) is 2.55. The van der Waals surface area contributed by atoms with Crippen LogP contribution in [-0.4, -0.2) is 19.1 Å². The zero-order chi connectivity index (χ0) is 13.1.